The fourth-order valence-electron chi connectivity index (χ4n) is 3.88. The Kier molecular flexibility index (Phi) is 3.25. The van der Waals surface area contributed by atoms with Crippen LogP contribution in [-0.2, 0) is 6.42 Å². The number of nitrogens with one attached hydrogen (secondary N) is 1. The second kappa shape index (κ2) is 5.15. The Hall–Kier alpha value is -1.76. The Morgan fingerprint density at radius 1 is 1.36 bits per heavy atom. The molecule has 0 saturated carbocycles. The molecule has 0 amide bonds. The molecule has 1 aromatic carbocycles. The highest BCUT2D eigenvalue weighted by Gasteiger charge is 2.47. The maximum Gasteiger partial charge on any atom is 0.150 e. The molecular formula is C18H18ClN3. The number of nitriles is 1. The molecular weight excluding hydrogens is 294 g/mol. The van der Waals surface area contributed by atoms with E-state index >= 15 is 0 Å². The lowest BCUT2D eigenvalue weighted by atomic mass is 9.77. The third kappa shape index (κ3) is 2.15. The van der Waals surface area contributed by atoms with Gasteiger partial charge in [-0.05, 0) is 30.4 Å². The second-order valence-corrected chi connectivity index (χ2v) is 7.05. The van der Waals surface area contributed by atoms with E-state index in [0.717, 1.165) is 25.9 Å². The number of alkyl halides is 1. The molecule has 1 fully saturated rings. The Balaban J connectivity index is 1.53. The van der Waals surface area contributed by atoms with Crippen LogP contribution in [-0.4, -0.2) is 33.9 Å². The number of nitrogens with zero attached hydrogens (tertiary/aromatic N) is 2. The number of piperidine rings is 1. The maximum atomic E-state index is 9.44. The van der Waals surface area contributed by atoms with Crippen LogP contribution in [0.2, 0.25) is 0 Å². The summed E-state index contributed by atoms with van der Waals surface area (Å²) < 4.78 is 0. The van der Waals surface area contributed by atoms with Gasteiger partial charge in [0.15, 0.2) is 4.87 Å². The summed E-state index contributed by atoms with van der Waals surface area (Å²) in [6.07, 6.45) is 8.20. The molecule has 0 radical (unpaired) electrons. The van der Waals surface area contributed by atoms with E-state index in [0.29, 0.717) is 5.92 Å². The topological polar surface area (TPSA) is 42.8 Å². The first kappa shape index (κ1) is 13.9. The number of aromatic nitrogens is 1. The van der Waals surface area contributed by atoms with E-state index in [9.17, 15) is 5.26 Å². The molecule has 112 valence electrons. The average Bonchev–Trinajstić information content (AvgIpc) is 2.96. The van der Waals surface area contributed by atoms with Gasteiger partial charge in [0, 0.05) is 30.2 Å². The van der Waals surface area contributed by atoms with Crippen molar-refractivity contribution < 1.29 is 0 Å². The van der Waals surface area contributed by atoms with Crippen molar-refractivity contribution in [2.75, 3.05) is 13.1 Å². The van der Waals surface area contributed by atoms with Gasteiger partial charge in [-0.2, -0.15) is 5.26 Å². The average molecular weight is 312 g/mol. The minimum absolute atomic E-state index is 0.0365. The molecule has 3 nitrogen and oxygen atoms in total. The highest BCUT2D eigenvalue weighted by molar-refractivity contribution is 6.26. The summed E-state index contributed by atoms with van der Waals surface area (Å²) in [4.78, 5) is 4.94. The van der Waals surface area contributed by atoms with Crippen LogP contribution >= 0.6 is 11.6 Å². The van der Waals surface area contributed by atoms with Crippen molar-refractivity contribution in [2.45, 2.75) is 23.8 Å². The zero-order valence-corrected chi connectivity index (χ0v) is 13.1. The molecule has 3 heterocycles. The lowest BCUT2D eigenvalue weighted by Crippen LogP contribution is -2.57. The first-order chi connectivity index (χ1) is 10.7. The Morgan fingerprint density at radius 3 is 3.05 bits per heavy atom. The zero-order chi connectivity index (χ0) is 15.2. The number of aromatic amines is 1. The fraction of sp³-hybridized carbons (Fsp3) is 0.389. The van der Waals surface area contributed by atoms with Crippen molar-refractivity contribution in [3.05, 3.63) is 48.2 Å². The molecule has 1 aromatic heterocycles. The molecule has 3 aliphatic rings. The predicted molar refractivity (Wildman–Crippen MR) is 88.8 cm³/mol. The molecule has 1 aliphatic carbocycles. The third-order valence-corrected chi connectivity index (χ3v) is 5.45. The number of fused-ring (bicyclic) bond motifs is 3. The molecule has 1 N–H and O–H groups in total. The van der Waals surface area contributed by atoms with Crippen LogP contribution < -0.4 is 0 Å². The standard InChI is InChI=1S/C18H18ClN3/c19-18(12-20)9-13-5-6-17(18)22(11-13)8-7-14-10-21-16-4-2-1-3-15(14)16/h1-6,10,13,17,21H,7-9,11H2. The van der Waals surface area contributed by atoms with Crippen molar-refractivity contribution in [2.24, 2.45) is 5.92 Å². The first-order valence-electron chi connectivity index (χ1n) is 7.77. The summed E-state index contributed by atoms with van der Waals surface area (Å²) in [5, 5.41) is 10.7. The van der Waals surface area contributed by atoms with Crippen molar-refractivity contribution >= 4 is 22.5 Å². The summed E-state index contributed by atoms with van der Waals surface area (Å²) in [6.45, 7) is 1.95. The van der Waals surface area contributed by atoms with E-state index in [-0.39, 0.29) is 6.04 Å². The lowest BCUT2D eigenvalue weighted by Gasteiger charge is -2.48. The van der Waals surface area contributed by atoms with Crippen molar-refractivity contribution in [1.29, 1.82) is 5.26 Å². The molecule has 0 spiro atoms. The number of rotatable bonds is 3. The minimum atomic E-state index is -0.752. The maximum absolute atomic E-state index is 9.44. The summed E-state index contributed by atoms with van der Waals surface area (Å²) >= 11 is 6.55. The Labute approximate surface area is 135 Å². The molecule has 2 bridgehead atoms. The number of hydrogen-bond donors (Lipinski definition) is 1. The van der Waals surface area contributed by atoms with Gasteiger partial charge in [-0.15, -0.1) is 11.6 Å². The highest BCUT2D eigenvalue weighted by Crippen LogP contribution is 2.41. The summed E-state index contributed by atoms with van der Waals surface area (Å²) in [6, 6.07) is 10.7. The van der Waals surface area contributed by atoms with E-state index < -0.39 is 4.87 Å². The van der Waals surface area contributed by atoms with Crippen LogP contribution in [0.25, 0.3) is 10.9 Å². The zero-order valence-electron chi connectivity index (χ0n) is 12.3. The van der Waals surface area contributed by atoms with Crippen molar-refractivity contribution in [1.82, 2.24) is 9.88 Å². The Bertz CT molecular complexity index is 772. The minimum Gasteiger partial charge on any atom is -0.361 e. The predicted octanol–water partition coefficient (Wildman–Crippen LogP) is 3.47. The molecule has 1 saturated heterocycles. The van der Waals surface area contributed by atoms with Gasteiger partial charge in [-0.1, -0.05) is 30.4 Å². The normalized spacial score (nSPS) is 30.7. The summed E-state index contributed by atoms with van der Waals surface area (Å²) in [7, 11) is 0. The van der Waals surface area contributed by atoms with Gasteiger partial charge in [0.1, 0.15) is 0 Å². The van der Waals surface area contributed by atoms with Crippen LogP contribution in [0.4, 0.5) is 0 Å². The van der Waals surface area contributed by atoms with E-state index in [1.54, 1.807) is 0 Å². The van der Waals surface area contributed by atoms with Gasteiger partial charge in [0.2, 0.25) is 0 Å². The number of H-pyrrole nitrogens is 1. The molecule has 4 heteroatoms. The number of hydrogen-bond acceptors (Lipinski definition) is 2. The first-order valence-corrected chi connectivity index (χ1v) is 8.15. The highest BCUT2D eigenvalue weighted by atomic mass is 35.5. The van der Waals surface area contributed by atoms with E-state index in [1.807, 2.05) is 6.07 Å². The van der Waals surface area contributed by atoms with Crippen LogP contribution in [0.3, 0.4) is 0 Å². The molecule has 3 atom stereocenters. The van der Waals surface area contributed by atoms with E-state index in [2.05, 4.69) is 52.5 Å². The molecule has 2 aromatic rings. The van der Waals surface area contributed by atoms with Gasteiger partial charge < -0.3 is 4.98 Å². The number of benzene rings is 1. The van der Waals surface area contributed by atoms with Crippen LogP contribution in [0.5, 0.6) is 0 Å². The van der Waals surface area contributed by atoms with Gasteiger partial charge in [-0.25, -0.2) is 0 Å². The molecule has 3 unspecified atom stereocenters. The molecule has 2 aliphatic heterocycles. The van der Waals surface area contributed by atoms with Gasteiger partial charge in [0.05, 0.1) is 12.1 Å². The van der Waals surface area contributed by atoms with Crippen molar-refractivity contribution in [3.8, 4) is 6.07 Å². The summed E-state index contributed by atoms with van der Waals surface area (Å²) in [5.41, 5.74) is 2.51. The van der Waals surface area contributed by atoms with Gasteiger partial charge in [-0.3, -0.25) is 4.90 Å². The molecule has 22 heavy (non-hydrogen) atoms. The fourth-order valence-corrected chi connectivity index (χ4v) is 4.29. The third-order valence-electron chi connectivity index (χ3n) is 4.99. The molecule has 5 rings (SSSR count). The number of para-hydroxylation sites is 1. The van der Waals surface area contributed by atoms with Crippen molar-refractivity contribution in [3.63, 3.8) is 0 Å². The lowest BCUT2D eigenvalue weighted by molar-refractivity contribution is 0.121. The largest absolute Gasteiger partial charge is 0.361 e. The van der Waals surface area contributed by atoms with Crippen LogP contribution in [0.1, 0.15) is 12.0 Å². The van der Waals surface area contributed by atoms with Gasteiger partial charge >= 0.3 is 0 Å². The summed E-state index contributed by atoms with van der Waals surface area (Å²) in [5.74, 6) is 0.408. The Morgan fingerprint density at radius 2 is 2.23 bits per heavy atom. The smallest absolute Gasteiger partial charge is 0.150 e. The second-order valence-electron chi connectivity index (χ2n) is 6.37. The monoisotopic (exact) mass is 311 g/mol. The van der Waals surface area contributed by atoms with Crippen LogP contribution in [0.15, 0.2) is 42.6 Å². The van der Waals surface area contributed by atoms with Crippen LogP contribution in [0, 0.1) is 17.2 Å². The van der Waals surface area contributed by atoms with Gasteiger partial charge in [0.25, 0.3) is 0 Å². The number of halogens is 1. The quantitative estimate of drug-likeness (QED) is 0.696. The van der Waals surface area contributed by atoms with E-state index in [1.165, 1.54) is 16.5 Å². The van der Waals surface area contributed by atoms with E-state index in [4.69, 9.17) is 11.6 Å². The SMILES string of the molecule is N#CC1(Cl)CC2C=CC1N(CCc1c[nH]c3ccccc13)C2.